The van der Waals surface area contributed by atoms with E-state index in [9.17, 15) is 0 Å². The fraction of sp³-hybridized carbons (Fsp3) is 0.357. The standard InChI is InChI=1S/C14H17ClN4/c15-13-3-1-2-11(6-13)7-16-8-12-9-17-14-4-5-18-19(14)10-12/h1-6,12,16-17H,7-10H2/t12-/m0/s1. The number of hydrogen-bond acceptors (Lipinski definition) is 3. The Morgan fingerprint density at radius 2 is 2.37 bits per heavy atom. The van der Waals surface area contributed by atoms with Crippen LogP contribution in [0.15, 0.2) is 36.5 Å². The average molecular weight is 277 g/mol. The molecule has 19 heavy (non-hydrogen) atoms. The van der Waals surface area contributed by atoms with E-state index in [0.29, 0.717) is 5.92 Å². The van der Waals surface area contributed by atoms with Crippen molar-refractivity contribution in [3.63, 3.8) is 0 Å². The highest BCUT2D eigenvalue weighted by atomic mass is 35.5. The Hall–Kier alpha value is -1.52. The minimum atomic E-state index is 0.562. The Kier molecular flexibility index (Phi) is 3.71. The number of aromatic nitrogens is 2. The van der Waals surface area contributed by atoms with Crippen molar-refractivity contribution in [3.8, 4) is 0 Å². The topological polar surface area (TPSA) is 41.9 Å². The molecule has 0 fully saturated rings. The number of hydrogen-bond donors (Lipinski definition) is 2. The van der Waals surface area contributed by atoms with E-state index < -0.39 is 0 Å². The molecule has 2 aromatic rings. The van der Waals surface area contributed by atoms with Crippen molar-refractivity contribution in [2.75, 3.05) is 18.4 Å². The minimum Gasteiger partial charge on any atom is -0.370 e. The van der Waals surface area contributed by atoms with Crippen LogP contribution in [0.2, 0.25) is 5.02 Å². The lowest BCUT2D eigenvalue weighted by Crippen LogP contribution is -2.35. The molecule has 1 aliphatic rings. The minimum absolute atomic E-state index is 0.562. The Balaban J connectivity index is 1.49. The van der Waals surface area contributed by atoms with E-state index >= 15 is 0 Å². The molecule has 0 bridgehead atoms. The van der Waals surface area contributed by atoms with E-state index in [1.807, 2.05) is 35.1 Å². The SMILES string of the molecule is Clc1cccc(CNC[C@H]2CNc3ccnn3C2)c1. The number of nitrogens with one attached hydrogen (secondary N) is 2. The highest BCUT2D eigenvalue weighted by Crippen LogP contribution is 2.16. The van der Waals surface area contributed by atoms with Crippen LogP contribution in [0.4, 0.5) is 5.82 Å². The van der Waals surface area contributed by atoms with Crippen LogP contribution < -0.4 is 10.6 Å². The number of rotatable bonds is 4. The first-order chi connectivity index (χ1) is 9.31. The van der Waals surface area contributed by atoms with Gasteiger partial charge < -0.3 is 10.6 Å². The zero-order valence-corrected chi connectivity index (χ0v) is 11.4. The zero-order valence-electron chi connectivity index (χ0n) is 10.6. The lowest BCUT2D eigenvalue weighted by molar-refractivity contribution is 0.391. The number of anilines is 1. The predicted molar refractivity (Wildman–Crippen MR) is 77.4 cm³/mol. The molecule has 1 aromatic carbocycles. The van der Waals surface area contributed by atoms with E-state index in [0.717, 1.165) is 37.0 Å². The van der Waals surface area contributed by atoms with Crippen LogP contribution in [-0.4, -0.2) is 22.9 Å². The van der Waals surface area contributed by atoms with Crippen molar-refractivity contribution in [2.45, 2.75) is 13.1 Å². The fourth-order valence-corrected chi connectivity index (χ4v) is 2.60. The molecule has 0 unspecified atom stereocenters. The third-order valence-corrected chi connectivity index (χ3v) is 3.61. The van der Waals surface area contributed by atoms with Gasteiger partial charge >= 0.3 is 0 Å². The lowest BCUT2D eigenvalue weighted by atomic mass is 10.1. The second-order valence-electron chi connectivity index (χ2n) is 4.91. The average Bonchev–Trinajstić information content (AvgIpc) is 2.86. The smallest absolute Gasteiger partial charge is 0.124 e. The van der Waals surface area contributed by atoms with Gasteiger partial charge in [0.05, 0.1) is 6.20 Å². The van der Waals surface area contributed by atoms with Gasteiger partial charge in [0.15, 0.2) is 0 Å². The Morgan fingerprint density at radius 1 is 1.42 bits per heavy atom. The molecule has 3 rings (SSSR count). The highest BCUT2D eigenvalue weighted by Gasteiger charge is 2.17. The first kappa shape index (κ1) is 12.5. The molecular weight excluding hydrogens is 260 g/mol. The normalized spacial score (nSPS) is 17.8. The molecule has 0 amide bonds. The van der Waals surface area contributed by atoms with Crippen LogP contribution >= 0.6 is 11.6 Å². The third-order valence-electron chi connectivity index (χ3n) is 3.37. The molecule has 0 radical (unpaired) electrons. The van der Waals surface area contributed by atoms with Crippen molar-refractivity contribution in [1.29, 1.82) is 0 Å². The van der Waals surface area contributed by atoms with Crippen LogP contribution in [0, 0.1) is 5.92 Å². The van der Waals surface area contributed by atoms with Crippen LogP contribution in [0.5, 0.6) is 0 Å². The molecule has 0 saturated heterocycles. The summed E-state index contributed by atoms with van der Waals surface area (Å²) < 4.78 is 2.02. The molecule has 4 nitrogen and oxygen atoms in total. The van der Waals surface area contributed by atoms with Crippen molar-refractivity contribution < 1.29 is 0 Å². The first-order valence-corrected chi connectivity index (χ1v) is 6.90. The molecule has 1 aromatic heterocycles. The van der Waals surface area contributed by atoms with Gasteiger partial charge in [-0.2, -0.15) is 5.10 Å². The summed E-state index contributed by atoms with van der Waals surface area (Å²) in [6.45, 7) is 3.79. The summed E-state index contributed by atoms with van der Waals surface area (Å²) in [5.74, 6) is 1.68. The highest BCUT2D eigenvalue weighted by molar-refractivity contribution is 6.30. The van der Waals surface area contributed by atoms with E-state index in [4.69, 9.17) is 11.6 Å². The number of nitrogens with zero attached hydrogens (tertiary/aromatic N) is 2. The van der Waals surface area contributed by atoms with Crippen LogP contribution in [0.1, 0.15) is 5.56 Å². The van der Waals surface area contributed by atoms with Gasteiger partial charge in [-0.15, -0.1) is 0 Å². The van der Waals surface area contributed by atoms with Crippen LogP contribution in [-0.2, 0) is 13.1 Å². The molecule has 5 heteroatoms. The maximum absolute atomic E-state index is 5.97. The summed E-state index contributed by atoms with van der Waals surface area (Å²) in [4.78, 5) is 0. The van der Waals surface area contributed by atoms with E-state index in [-0.39, 0.29) is 0 Å². The van der Waals surface area contributed by atoms with Gasteiger partial charge in [0, 0.05) is 43.2 Å². The Morgan fingerprint density at radius 3 is 3.26 bits per heavy atom. The summed E-state index contributed by atoms with van der Waals surface area (Å²) in [5.41, 5.74) is 1.22. The van der Waals surface area contributed by atoms with Gasteiger partial charge in [-0.1, -0.05) is 23.7 Å². The molecule has 0 saturated carbocycles. The van der Waals surface area contributed by atoms with Gasteiger partial charge in [-0.25, -0.2) is 4.68 Å². The summed E-state index contributed by atoms with van der Waals surface area (Å²) in [6.07, 6.45) is 1.84. The molecule has 100 valence electrons. The van der Waals surface area contributed by atoms with E-state index in [1.165, 1.54) is 5.56 Å². The lowest BCUT2D eigenvalue weighted by Gasteiger charge is -2.25. The summed E-state index contributed by atoms with van der Waals surface area (Å²) >= 11 is 5.97. The molecule has 1 atom stereocenters. The molecule has 2 N–H and O–H groups in total. The molecular formula is C14H17ClN4. The zero-order chi connectivity index (χ0) is 13.1. The van der Waals surface area contributed by atoms with Crippen molar-refractivity contribution >= 4 is 17.4 Å². The van der Waals surface area contributed by atoms with E-state index in [2.05, 4.69) is 21.8 Å². The largest absolute Gasteiger partial charge is 0.370 e. The second kappa shape index (κ2) is 5.63. The van der Waals surface area contributed by atoms with Crippen molar-refractivity contribution in [2.24, 2.45) is 5.92 Å². The van der Waals surface area contributed by atoms with E-state index in [1.54, 1.807) is 0 Å². The maximum atomic E-state index is 5.97. The number of fused-ring (bicyclic) bond motifs is 1. The van der Waals surface area contributed by atoms with Crippen molar-refractivity contribution in [3.05, 3.63) is 47.1 Å². The summed E-state index contributed by atoms with van der Waals surface area (Å²) in [6, 6.07) is 9.98. The van der Waals surface area contributed by atoms with Gasteiger partial charge in [0.2, 0.25) is 0 Å². The summed E-state index contributed by atoms with van der Waals surface area (Å²) in [7, 11) is 0. The Labute approximate surface area is 117 Å². The molecule has 1 aliphatic heterocycles. The van der Waals surface area contributed by atoms with Crippen molar-refractivity contribution in [1.82, 2.24) is 15.1 Å². The van der Waals surface area contributed by atoms with Gasteiger partial charge in [0.25, 0.3) is 0 Å². The fourth-order valence-electron chi connectivity index (χ4n) is 2.39. The van der Waals surface area contributed by atoms with Crippen LogP contribution in [0.25, 0.3) is 0 Å². The van der Waals surface area contributed by atoms with Gasteiger partial charge in [0.1, 0.15) is 5.82 Å². The number of halogens is 1. The maximum Gasteiger partial charge on any atom is 0.124 e. The van der Waals surface area contributed by atoms with Gasteiger partial charge in [-0.05, 0) is 17.7 Å². The molecule has 2 heterocycles. The predicted octanol–water partition coefficient (Wildman–Crippen LogP) is 2.37. The number of benzene rings is 1. The Bertz CT molecular complexity index is 552. The molecule has 0 aliphatic carbocycles. The second-order valence-corrected chi connectivity index (χ2v) is 5.34. The van der Waals surface area contributed by atoms with Gasteiger partial charge in [-0.3, -0.25) is 0 Å². The molecule has 0 spiro atoms. The third kappa shape index (κ3) is 3.08. The monoisotopic (exact) mass is 276 g/mol. The van der Waals surface area contributed by atoms with Crippen LogP contribution in [0.3, 0.4) is 0 Å². The summed E-state index contributed by atoms with van der Waals surface area (Å²) in [5, 5.41) is 12.0. The quantitative estimate of drug-likeness (QED) is 0.901. The first-order valence-electron chi connectivity index (χ1n) is 6.52.